The molecule has 18 heavy (non-hydrogen) atoms. The van der Waals surface area contributed by atoms with Gasteiger partial charge in [0.25, 0.3) is 0 Å². The minimum atomic E-state index is -0.501. The van der Waals surface area contributed by atoms with E-state index in [1.807, 2.05) is 23.9 Å². The average Bonchev–Trinajstić information content (AvgIpc) is 2.78. The van der Waals surface area contributed by atoms with Crippen molar-refractivity contribution in [2.45, 2.75) is 31.4 Å². The predicted octanol–water partition coefficient (Wildman–Crippen LogP) is 2.73. The van der Waals surface area contributed by atoms with Crippen molar-refractivity contribution in [1.29, 1.82) is 0 Å². The Labute approximate surface area is 118 Å². The minimum absolute atomic E-state index is 0.362. The van der Waals surface area contributed by atoms with Crippen LogP contribution in [0.1, 0.15) is 18.9 Å². The van der Waals surface area contributed by atoms with Gasteiger partial charge in [0.15, 0.2) is 0 Å². The molecule has 0 aromatic heterocycles. The third kappa shape index (κ3) is 4.16. The zero-order valence-electron chi connectivity index (χ0n) is 10.7. The summed E-state index contributed by atoms with van der Waals surface area (Å²) >= 11 is 7.70. The molecule has 1 fully saturated rings. The normalized spacial score (nSPS) is 25.3. The van der Waals surface area contributed by atoms with Gasteiger partial charge in [-0.2, -0.15) is 11.8 Å². The van der Waals surface area contributed by atoms with Crippen molar-refractivity contribution in [2.24, 2.45) is 0 Å². The molecule has 0 unspecified atom stereocenters. The van der Waals surface area contributed by atoms with E-state index in [9.17, 15) is 5.11 Å². The summed E-state index contributed by atoms with van der Waals surface area (Å²) in [4.78, 5) is 0. The van der Waals surface area contributed by atoms with E-state index in [0.717, 1.165) is 29.4 Å². The van der Waals surface area contributed by atoms with E-state index in [2.05, 4.69) is 24.4 Å². The Kier molecular flexibility index (Phi) is 4.96. The Morgan fingerprint density at radius 2 is 2.17 bits per heavy atom. The monoisotopic (exact) mass is 285 g/mol. The second-order valence-electron chi connectivity index (χ2n) is 5.14. The van der Waals surface area contributed by atoms with Gasteiger partial charge >= 0.3 is 0 Å². The van der Waals surface area contributed by atoms with Gasteiger partial charge in [-0.3, -0.25) is 0 Å². The molecule has 0 radical (unpaired) electrons. The molecule has 1 saturated heterocycles. The molecular weight excluding hydrogens is 266 g/mol. The number of thioether (sulfide) groups is 1. The molecule has 1 heterocycles. The lowest BCUT2D eigenvalue weighted by Crippen LogP contribution is -2.44. The van der Waals surface area contributed by atoms with E-state index in [4.69, 9.17) is 11.6 Å². The van der Waals surface area contributed by atoms with Crippen molar-refractivity contribution in [1.82, 2.24) is 5.32 Å². The van der Waals surface area contributed by atoms with E-state index in [1.165, 1.54) is 5.56 Å². The van der Waals surface area contributed by atoms with Crippen molar-refractivity contribution in [3.8, 4) is 0 Å². The first kappa shape index (κ1) is 14.2. The van der Waals surface area contributed by atoms with Crippen LogP contribution >= 0.6 is 23.4 Å². The lowest BCUT2D eigenvalue weighted by molar-refractivity contribution is 0.0651. The van der Waals surface area contributed by atoms with Gasteiger partial charge in [-0.05, 0) is 43.2 Å². The highest BCUT2D eigenvalue weighted by Gasteiger charge is 2.31. The van der Waals surface area contributed by atoms with Crippen LogP contribution in [0.4, 0.5) is 0 Å². The molecule has 1 aliphatic heterocycles. The zero-order valence-corrected chi connectivity index (χ0v) is 12.2. The van der Waals surface area contributed by atoms with Crippen LogP contribution in [0.25, 0.3) is 0 Å². The molecule has 4 heteroatoms. The van der Waals surface area contributed by atoms with Crippen LogP contribution in [0.15, 0.2) is 24.3 Å². The van der Waals surface area contributed by atoms with Crippen LogP contribution in [-0.2, 0) is 6.42 Å². The summed E-state index contributed by atoms with van der Waals surface area (Å²) in [7, 11) is 0. The Morgan fingerprint density at radius 1 is 1.44 bits per heavy atom. The molecule has 2 atom stereocenters. The maximum absolute atomic E-state index is 10.2. The SMILES string of the molecule is C[C@@H](Cc1ccc(Cl)cc1)NC[C@@]1(O)CCSC1. The second-order valence-corrected chi connectivity index (χ2v) is 6.68. The summed E-state index contributed by atoms with van der Waals surface area (Å²) < 4.78 is 0. The van der Waals surface area contributed by atoms with Crippen molar-refractivity contribution in [2.75, 3.05) is 18.1 Å². The summed E-state index contributed by atoms with van der Waals surface area (Å²) in [5, 5.41) is 14.4. The molecule has 1 aliphatic rings. The molecule has 100 valence electrons. The average molecular weight is 286 g/mol. The summed E-state index contributed by atoms with van der Waals surface area (Å²) in [6.45, 7) is 2.84. The lowest BCUT2D eigenvalue weighted by atomic mass is 10.0. The molecule has 2 N–H and O–H groups in total. The first-order valence-corrected chi connectivity index (χ1v) is 7.89. The van der Waals surface area contributed by atoms with Gasteiger partial charge in [0.1, 0.15) is 0 Å². The lowest BCUT2D eigenvalue weighted by Gasteiger charge is -2.24. The van der Waals surface area contributed by atoms with Crippen LogP contribution in [0, 0.1) is 0 Å². The second kappa shape index (κ2) is 6.29. The molecular formula is C14H20ClNOS. The van der Waals surface area contributed by atoms with Crippen molar-refractivity contribution in [3.05, 3.63) is 34.9 Å². The van der Waals surface area contributed by atoms with E-state index < -0.39 is 5.60 Å². The van der Waals surface area contributed by atoms with Gasteiger partial charge in [0, 0.05) is 23.4 Å². The highest BCUT2D eigenvalue weighted by Crippen LogP contribution is 2.27. The maximum Gasteiger partial charge on any atom is 0.0869 e. The predicted molar refractivity (Wildman–Crippen MR) is 79.5 cm³/mol. The number of nitrogens with one attached hydrogen (secondary N) is 1. The summed E-state index contributed by atoms with van der Waals surface area (Å²) in [6, 6.07) is 8.32. The fourth-order valence-corrected chi connectivity index (χ4v) is 3.57. The largest absolute Gasteiger partial charge is 0.388 e. The van der Waals surface area contributed by atoms with Gasteiger partial charge in [0.2, 0.25) is 0 Å². The number of hydrogen-bond acceptors (Lipinski definition) is 3. The van der Waals surface area contributed by atoms with Crippen LogP contribution < -0.4 is 5.32 Å². The van der Waals surface area contributed by atoms with Crippen molar-refractivity contribution >= 4 is 23.4 Å². The molecule has 2 nitrogen and oxygen atoms in total. The van der Waals surface area contributed by atoms with E-state index >= 15 is 0 Å². The van der Waals surface area contributed by atoms with Crippen LogP contribution in [0.3, 0.4) is 0 Å². The van der Waals surface area contributed by atoms with Gasteiger partial charge in [0.05, 0.1) is 5.60 Å². The van der Waals surface area contributed by atoms with E-state index in [0.29, 0.717) is 12.6 Å². The molecule has 2 rings (SSSR count). The number of halogens is 1. The van der Waals surface area contributed by atoms with Gasteiger partial charge in [-0.25, -0.2) is 0 Å². The Bertz CT molecular complexity index is 376. The number of rotatable bonds is 5. The standard InChI is InChI=1S/C14H20ClNOS/c1-11(8-12-2-4-13(15)5-3-12)16-9-14(17)6-7-18-10-14/h2-5,11,16-17H,6-10H2,1H3/t11-,14-/m0/s1. The van der Waals surface area contributed by atoms with E-state index in [-0.39, 0.29) is 0 Å². The maximum atomic E-state index is 10.2. The topological polar surface area (TPSA) is 32.3 Å². The summed E-state index contributed by atoms with van der Waals surface area (Å²) in [5.74, 6) is 1.93. The number of benzene rings is 1. The third-order valence-corrected chi connectivity index (χ3v) is 4.80. The van der Waals surface area contributed by atoms with Gasteiger partial charge < -0.3 is 10.4 Å². The first-order valence-electron chi connectivity index (χ1n) is 6.35. The van der Waals surface area contributed by atoms with Crippen LogP contribution in [-0.4, -0.2) is 34.8 Å². The molecule has 0 aliphatic carbocycles. The highest BCUT2D eigenvalue weighted by molar-refractivity contribution is 7.99. The molecule has 0 saturated carbocycles. The van der Waals surface area contributed by atoms with Crippen LogP contribution in [0.5, 0.6) is 0 Å². The Balaban J connectivity index is 1.78. The molecule has 0 spiro atoms. The van der Waals surface area contributed by atoms with Crippen molar-refractivity contribution < 1.29 is 5.11 Å². The molecule has 1 aromatic rings. The zero-order chi connectivity index (χ0) is 13.0. The molecule has 0 bridgehead atoms. The fourth-order valence-electron chi connectivity index (χ4n) is 2.15. The van der Waals surface area contributed by atoms with Crippen molar-refractivity contribution in [3.63, 3.8) is 0 Å². The van der Waals surface area contributed by atoms with Gasteiger partial charge in [-0.15, -0.1) is 0 Å². The smallest absolute Gasteiger partial charge is 0.0869 e. The highest BCUT2D eigenvalue weighted by atomic mass is 35.5. The quantitative estimate of drug-likeness (QED) is 0.872. The Hall–Kier alpha value is -0.220. The first-order chi connectivity index (χ1) is 8.57. The van der Waals surface area contributed by atoms with Gasteiger partial charge in [-0.1, -0.05) is 23.7 Å². The molecule has 0 amide bonds. The summed E-state index contributed by atoms with van der Waals surface area (Å²) in [6.07, 6.45) is 1.86. The third-order valence-electron chi connectivity index (χ3n) is 3.32. The Morgan fingerprint density at radius 3 is 2.78 bits per heavy atom. The number of aliphatic hydroxyl groups is 1. The molecule has 1 aromatic carbocycles. The van der Waals surface area contributed by atoms with Crippen LogP contribution in [0.2, 0.25) is 5.02 Å². The minimum Gasteiger partial charge on any atom is -0.388 e. The van der Waals surface area contributed by atoms with E-state index in [1.54, 1.807) is 0 Å². The fraction of sp³-hybridized carbons (Fsp3) is 0.571. The summed E-state index contributed by atoms with van der Waals surface area (Å²) in [5.41, 5.74) is 0.769. The number of hydrogen-bond donors (Lipinski definition) is 2.